The molecule has 7 heteroatoms. The molecule has 4 rings (SSSR count). The highest BCUT2D eigenvalue weighted by Gasteiger charge is 2.43. The van der Waals surface area contributed by atoms with E-state index in [4.69, 9.17) is 9.52 Å². The second-order valence-electron chi connectivity index (χ2n) is 8.06. The number of hydrogen-bond donors (Lipinski definition) is 1. The van der Waals surface area contributed by atoms with Gasteiger partial charge in [0, 0.05) is 50.5 Å². The third kappa shape index (κ3) is 3.37. The number of piperidine rings is 2. The number of carbonyl (C=O) groups is 2. The number of aliphatic hydroxyl groups excluding tert-OH is 1. The number of likely N-dealkylation sites (tertiary alicyclic amines) is 2. The van der Waals surface area contributed by atoms with E-state index in [1.54, 1.807) is 0 Å². The Morgan fingerprint density at radius 2 is 2.19 bits per heavy atom. The summed E-state index contributed by atoms with van der Waals surface area (Å²) in [7, 11) is 0. The van der Waals surface area contributed by atoms with Gasteiger partial charge < -0.3 is 19.3 Å². The number of amides is 2. The third-order valence-corrected chi connectivity index (χ3v) is 6.03. The smallest absolute Gasteiger partial charge is 0.276 e. The van der Waals surface area contributed by atoms with E-state index in [1.807, 2.05) is 9.80 Å². The molecule has 1 saturated carbocycles. The van der Waals surface area contributed by atoms with E-state index >= 15 is 0 Å². The highest BCUT2D eigenvalue weighted by Crippen LogP contribution is 2.43. The van der Waals surface area contributed by atoms with Crippen molar-refractivity contribution in [3.05, 3.63) is 17.8 Å². The number of carbonyl (C=O) groups excluding carboxylic acids is 2. The van der Waals surface area contributed by atoms with Crippen molar-refractivity contribution >= 4 is 11.8 Å². The van der Waals surface area contributed by atoms with E-state index in [0.717, 1.165) is 44.4 Å². The van der Waals surface area contributed by atoms with Gasteiger partial charge in [-0.1, -0.05) is 0 Å². The molecule has 3 aliphatic rings. The maximum absolute atomic E-state index is 13.0. The normalized spacial score (nSPS) is 26.6. The molecule has 2 saturated heterocycles. The van der Waals surface area contributed by atoms with Crippen molar-refractivity contribution in [2.45, 2.75) is 50.9 Å². The van der Waals surface area contributed by atoms with Gasteiger partial charge in [-0.3, -0.25) is 9.59 Å². The summed E-state index contributed by atoms with van der Waals surface area (Å²) >= 11 is 0. The molecule has 0 radical (unpaired) electrons. The summed E-state index contributed by atoms with van der Waals surface area (Å²) in [6.07, 6.45) is 7.48. The predicted octanol–water partition coefficient (Wildman–Crippen LogP) is 1.78. The van der Waals surface area contributed by atoms with Crippen molar-refractivity contribution in [3.8, 4) is 0 Å². The summed E-state index contributed by atoms with van der Waals surface area (Å²) in [5.41, 5.74) is 0.453. The van der Waals surface area contributed by atoms with Gasteiger partial charge in [-0.15, -0.1) is 0 Å². The molecule has 7 nitrogen and oxygen atoms in total. The molecular weight excluding hydrogens is 334 g/mol. The lowest BCUT2D eigenvalue weighted by atomic mass is 9.73. The van der Waals surface area contributed by atoms with Gasteiger partial charge in [-0.25, -0.2) is 4.98 Å². The van der Waals surface area contributed by atoms with Gasteiger partial charge in [0.15, 0.2) is 12.1 Å². The van der Waals surface area contributed by atoms with Crippen LogP contribution in [0.3, 0.4) is 0 Å². The zero-order chi connectivity index (χ0) is 18.1. The van der Waals surface area contributed by atoms with Gasteiger partial charge in [0.1, 0.15) is 5.76 Å². The minimum absolute atomic E-state index is 0.0270. The molecule has 26 heavy (non-hydrogen) atoms. The summed E-state index contributed by atoms with van der Waals surface area (Å²) < 4.78 is 5.48. The van der Waals surface area contributed by atoms with E-state index in [1.165, 1.54) is 6.39 Å². The molecule has 2 aliphatic heterocycles. The van der Waals surface area contributed by atoms with Crippen molar-refractivity contribution in [2.24, 2.45) is 5.41 Å². The summed E-state index contributed by atoms with van der Waals surface area (Å²) in [6, 6.07) is 0. The number of oxazole rings is 1. The van der Waals surface area contributed by atoms with Crippen LogP contribution in [0.4, 0.5) is 0 Å². The Kier molecular flexibility index (Phi) is 4.73. The van der Waals surface area contributed by atoms with Gasteiger partial charge in [0.05, 0.1) is 0 Å². The quantitative estimate of drug-likeness (QED) is 0.864. The lowest BCUT2D eigenvalue weighted by Crippen LogP contribution is -2.55. The Morgan fingerprint density at radius 1 is 1.35 bits per heavy atom. The zero-order valence-corrected chi connectivity index (χ0v) is 15.2. The first kappa shape index (κ1) is 17.5. The molecule has 0 aromatic carbocycles. The molecular formula is C19H27N3O4. The molecule has 1 aliphatic carbocycles. The van der Waals surface area contributed by atoms with Crippen LogP contribution in [-0.4, -0.2) is 64.5 Å². The largest absolute Gasteiger partial charge is 0.447 e. The molecule has 3 heterocycles. The predicted molar refractivity (Wildman–Crippen MR) is 93.6 cm³/mol. The Bertz CT molecular complexity index is 684. The van der Waals surface area contributed by atoms with E-state index in [0.29, 0.717) is 44.1 Å². The Morgan fingerprint density at radius 3 is 2.96 bits per heavy atom. The Labute approximate surface area is 153 Å². The van der Waals surface area contributed by atoms with Gasteiger partial charge in [-0.05, 0) is 38.5 Å². The first-order valence-electron chi connectivity index (χ1n) is 9.73. The standard InChI is InChI=1S/C19H27N3O4/c23-10-2-9-21-11-19(7-5-15(21)24)6-1-8-22(12-19)18(25)16-17(14-3-4-14)26-13-20-16/h13-14,23H,1-12H2/t19-/m0/s1. The van der Waals surface area contributed by atoms with Crippen LogP contribution in [0, 0.1) is 5.41 Å². The van der Waals surface area contributed by atoms with Gasteiger partial charge in [-0.2, -0.15) is 0 Å². The van der Waals surface area contributed by atoms with E-state index in [9.17, 15) is 9.59 Å². The molecule has 1 aromatic heterocycles. The molecule has 2 amide bonds. The molecule has 1 N–H and O–H groups in total. The maximum atomic E-state index is 13.0. The second-order valence-corrected chi connectivity index (χ2v) is 8.06. The van der Waals surface area contributed by atoms with Crippen molar-refractivity contribution in [2.75, 3.05) is 32.8 Å². The van der Waals surface area contributed by atoms with Crippen LogP contribution in [0.1, 0.15) is 67.1 Å². The van der Waals surface area contributed by atoms with Gasteiger partial charge in [0.2, 0.25) is 5.91 Å². The van der Waals surface area contributed by atoms with Crippen LogP contribution in [0.25, 0.3) is 0 Å². The van der Waals surface area contributed by atoms with Crippen LogP contribution in [0.5, 0.6) is 0 Å². The SMILES string of the molecule is O=C1CC[C@@]2(CCCN(C(=O)c3ncoc3C3CC3)C2)CN1CCCO. The fraction of sp³-hybridized carbons (Fsp3) is 0.737. The first-order valence-corrected chi connectivity index (χ1v) is 9.73. The summed E-state index contributed by atoms with van der Waals surface area (Å²) in [5.74, 6) is 1.24. The van der Waals surface area contributed by atoms with Crippen LogP contribution in [0.2, 0.25) is 0 Å². The monoisotopic (exact) mass is 361 g/mol. The highest BCUT2D eigenvalue weighted by molar-refractivity contribution is 5.93. The van der Waals surface area contributed by atoms with Crippen molar-refractivity contribution in [3.63, 3.8) is 0 Å². The maximum Gasteiger partial charge on any atom is 0.276 e. The second kappa shape index (κ2) is 7.02. The third-order valence-electron chi connectivity index (χ3n) is 6.03. The lowest BCUT2D eigenvalue weighted by molar-refractivity contribution is -0.139. The Hall–Kier alpha value is -1.89. The van der Waals surface area contributed by atoms with Crippen LogP contribution in [0.15, 0.2) is 10.8 Å². The summed E-state index contributed by atoms with van der Waals surface area (Å²) in [4.78, 5) is 33.2. The number of rotatable bonds is 5. The highest BCUT2D eigenvalue weighted by atomic mass is 16.3. The number of aliphatic hydroxyl groups is 1. The van der Waals surface area contributed by atoms with Gasteiger partial charge in [0.25, 0.3) is 5.91 Å². The van der Waals surface area contributed by atoms with Crippen molar-refractivity contribution in [1.82, 2.24) is 14.8 Å². The van der Waals surface area contributed by atoms with Crippen molar-refractivity contribution in [1.29, 1.82) is 0 Å². The van der Waals surface area contributed by atoms with E-state index in [2.05, 4.69) is 4.98 Å². The molecule has 0 bridgehead atoms. The first-order chi connectivity index (χ1) is 12.6. The van der Waals surface area contributed by atoms with Gasteiger partial charge >= 0.3 is 0 Å². The fourth-order valence-electron chi connectivity index (χ4n) is 4.48. The number of aromatic nitrogens is 1. The van der Waals surface area contributed by atoms with E-state index in [-0.39, 0.29) is 23.8 Å². The van der Waals surface area contributed by atoms with Crippen LogP contribution < -0.4 is 0 Å². The Balaban J connectivity index is 1.47. The van der Waals surface area contributed by atoms with Crippen molar-refractivity contribution < 1.29 is 19.1 Å². The zero-order valence-electron chi connectivity index (χ0n) is 15.2. The fourth-order valence-corrected chi connectivity index (χ4v) is 4.48. The minimum atomic E-state index is -0.0291. The molecule has 1 atom stereocenters. The topological polar surface area (TPSA) is 86.9 Å². The average molecular weight is 361 g/mol. The van der Waals surface area contributed by atoms with Crippen LogP contribution in [-0.2, 0) is 4.79 Å². The summed E-state index contributed by atoms with van der Waals surface area (Å²) in [5, 5.41) is 9.07. The lowest BCUT2D eigenvalue weighted by Gasteiger charge is -2.48. The van der Waals surface area contributed by atoms with Crippen LogP contribution >= 0.6 is 0 Å². The number of nitrogens with zero attached hydrogens (tertiary/aromatic N) is 3. The number of hydrogen-bond acceptors (Lipinski definition) is 5. The minimum Gasteiger partial charge on any atom is -0.447 e. The van der Waals surface area contributed by atoms with E-state index < -0.39 is 0 Å². The molecule has 1 aromatic rings. The molecule has 0 unspecified atom stereocenters. The molecule has 3 fully saturated rings. The molecule has 142 valence electrons. The molecule has 1 spiro atoms. The summed E-state index contributed by atoms with van der Waals surface area (Å²) in [6.45, 7) is 2.79. The average Bonchev–Trinajstić information content (AvgIpc) is 3.39.